The van der Waals surface area contributed by atoms with Gasteiger partial charge in [0.25, 0.3) is 0 Å². The van der Waals surface area contributed by atoms with E-state index in [9.17, 15) is 10.1 Å². The van der Waals surface area contributed by atoms with Gasteiger partial charge in [0.2, 0.25) is 6.10 Å². The third kappa shape index (κ3) is 2.13. The summed E-state index contributed by atoms with van der Waals surface area (Å²) in [6, 6.07) is 12.6. The van der Waals surface area contributed by atoms with Crippen molar-refractivity contribution in [2.45, 2.75) is 37.6 Å². The number of benzene rings is 2. The van der Waals surface area contributed by atoms with Gasteiger partial charge in [0.05, 0.1) is 18.1 Å². The van der Waals surface area contributed by atoms with Crippen LogP contribution in [0.25, 0.3) is 0 Å². The summed E-state index contributed by atoms with van der Waals surface area (Å²) in [4.78, 5) is 11.9. The van der Waals surface area contributed by atoms with Crippen molar-refractivity contribution < 1.29 is 14.4 Å². The molecule has 2 aromatic carbocycles. The highest BCUT2D eigenvalue weighted by atomic mass is 16.6. The summed E-state index contributed by atoms with van der Waals surface area (Å²) in [7, 11) is 1.56. The first-order valence-electron chi connectivity index (χ1n) is 8.45. The van der Waals surface area contributed by atoms with Gasteiger partial charge in [-0.25, -0.2) is 0 Å². The lowest BCUT2D eigenvalue weighted by atomic mass is 9.75. The molecule has 2 aliphatic rings. The van der Waals surface area contributed by atoms with Gasteiger partial charge in [-0.2, -0.15) is 5.11 Å². The minimum absolute atomic E-state index is 0.330. The lowest BCUT2D eigenvalue weighted by Gasteiger charge is -2.38. The molecule has 4 rings (SSSR count). The fourth-order valence-electron chi connectivity index (χ4n) is 3.94. The Labute approximate surface area is 150 Å². The van der Waals surface area contributed by atoms with E-state index >= 15 is 0 Å². The van der Waals surface area contributed by atoms with Crippen LogP contribution < -0.4 is 9.47 Å². The highest BCUT2D eigenvalue weighted by Gasteiger charge is 2.68. The molecule has 0 aromatic heterocycles. The quantitative estimate of drug-likeness (QED) is 0.615. The lowest BCUT2D eigenvalue weighted by molar-refractivity contribution is -0.586. The van der Waals surface area contributed by atoms with Crippen LogP contribution in [0.3, 0.4) is 0 Å². The maximum absolute atomic E-state index is 12.3. The molecular formula is C19H19N3O4. The molecule has 0 N–H and O–H groups in total. The molecule has 0 bridgehead atoms. The summed E-state index contributed by atoms with van der Waals surface area (Å²) < 4.78 is 11.6. The molecule has 0 saturated carbocycles. The van der Waals surface area contributed by atoms with E-state index in [1.807, 2.05) is 50.2 Å². The SMILES string of the molecule is COc1cccc2c1O[C@@H](c1ccc(C)cc1)[C@]1([N+](=O)[O-])N=N[C@H](C)[C@H]21. The minimum Gasteiger partial charge on any atom is -0.493 e. The van der Waals surface area contributed by atoms with Crippen molar-refractivity contribution in [2.75, 3.05) is 7.11 Å². The van der Waals surface area contributed by atoms with Crippen LogP contribution in [0.15, 0.2) is 52.7 Å². The zero-order chi connectivity index (χ0) is 18.5. The zero-order valence-corrected chi connectivity index (χ0v) is 14.7. The third-order valence-corrected chi connectivity index (χ3v) is 5.20. The van der Waals surface area contributed by atoms with Gasteiger partial charge in [0.1, 0.15) is 5.92 Å². The van der Waals surface area contributed by atoms with Gasteiger partial charge in [-0.05, 0) is 19.9 Å². The van der Waals surface area contributed by atoms with Crippen LogP contribution in [-0.4, -0.2) is 23.7 Å². The van der Waals surface area contributed by atoms with E-state index in [4.69, 9.17) is 9.47 Å². The molecule has 0 spiro atoms. The van der Waals surface area contributed by atoms with E-state index in [1.165, 1.54) is 0 Å². The Balaban J connectivity index is 1.97. The second kappa shape index (κ2) is 5.79. The molecule has 134 valence electrons. The van der Waals surface area contributed by atoms with Crippen molar-refractivity contribution in [1.82, 2.24) is 0 Å². The molecule has 0 saturated heterocycles. The predicted molar refractivity (Wildman–Crippen MR) is 94.3 cm³/mol. The number of fused-ring (bicyclic) bond motifs is 3. The second-order valence-electron chi connectivity index (χ2n) is 6.76. The van der Waals surface area contributed by atoms with Crippen molar-refractivity contribution in [1.29, 1.82) is 0 Å². The highest BCUT2D eigenvalue weighted by Crippen LogP contribution is 2.57. The molecule has 0 radical (unpaired) electrons. The summed E-state index contributed by atoms with van der Waals surface area (Å²) in [5.74, 6) is 0.556. The maximum Gasteiger partial charge on any atom is 0.378 e. The molecule has 7 nitrogen and oxygen atoms in total. The molecule has 26 heavy (non-hydrogen) atoms. The Morgan fingerprint density at radius 3 is 2.62 bits per heavy atom. The monoisotopic (exact) mass is 353 g/mol. The first-order valence-corrected chi connectivity index (χ1v) is 8.45. The van der Waals surface area contributed by atoms with E-state index in [2.05, 4.69) is 10.2 Å². The Kier molecular flexibility index (Phi) is 3.68. The van der Waals surface area contributed by atoms with E-state index in [0.717, 1.165) is 5.56 Å². The van der Waals surface area contributed by atoms with Gasteiger partial charge >= 0.3 is 5.66 Å². The van der Waals surface area contributed by atoms with Crippen molar-refractivity contribution in [2.24, 2.45) is 10.2 Å². The number of hydrogen-bond acceptors (Lipinski definition) is 6. The molecule has 2 heterocycles. The van der Waals surface area contributed by atoms with Crippen molar-refractivity contribution in [3.63, 3.8) is 0 Å². The number of para-hydroxylation sites is 1. The number of azo groups is 1. The summed E-state index contributed by atoms with van der Waals surface area (Å²) in [6.45, 7) is 3.81. The van der Waals surface area contributed by atoms with E-state index in [1.54, 1.807) is 13.2 Å². The number of nitro groups is 1. The average Bonchev–Trinajstić information content (AvgIpc) is 3.00. The Morgan fingerprint density at radius 2 is 1.96 bits per heavy atom. The van der Waals surface area contributed by atoms with Crippen molar-refractivity contribution >= 4 is 0 Å². The Morgan fingerprint density at radius 1 is 1.23 bits per heavy atom. The minimum atomic E-state index is -1.69. The summed E-state index contributed by atoms with van der Waals surface area (Å²) >= 11 is 0. The summed E-state index contributed by atoms with van der Waals surface area (Å²) in [6.07, 6.45) is -0.888. The average molecular weight is 353 g/mol. The fraction of sp³-hybridized carbons (Fsp3) is 0.368. The Hall–Kier alpha value is -2.96. The van der Waals surface area contributed by atoms with E-state index < -0.39 is 17.7 Å². The van der Waals surface area contributed by atoms with Crippen LogP contribution in [0.2, 0.25) is 0 Å². The number of methoxy groups -OCH3 is 1. The van der Waals surface area contributed by atoms with Crippen LogP contribution in [0.4, 0.5) is 0 Å². The fourth-order valence-corrected chi connectivity index (χ4v) is 3.94. The standard InChI is InChI=1S/C19H19N3O4/c1-11-7-9-13(10-8-11)18-19(22(23)24)16(12(2)20-21-19)14-5-4-6-15(25-3)17(14)26-18/h4-10,12,16,18H,1-3H3/t12-,16-,18+,19+/m1/s1. The van der Waals surface area contributed by atoms with Crippen LogP contribution in [0.5, 0.6) is 11.5 Å². The van der Waals surface area contributed by atoms with Gasteiger partial charge in [-0.1, -0.05) is 42.0 Å². The molecule has 0 fully saturated rings. The molecule has 2 aliphatic heterocycles. The van der Waals surface area contributed by atoms with E-state index in [-0.39, 0.29) is 11.0 Å². The van der Waals surface area contributed by atoms with Gasteiger partial charge in [-0.3, -0.25) is 10.1 Å². The van der Waals surface area contributed by atoms with Crippen LogP contribution in [-0.2, 0) is 0 Å². The van der Waals surface area contributed by atoms with Gasteiger partial charge < -0.3 is 9.47 Å². The summed E-state index contributed by atoms with van der Waals surface area (Å²) in [5.41, 5.74) is 0.785. The zero-order valence-electron chi connectivity index (χ0n) is 14.7. The number of ether oxygens (including phenoxy) is 2. The first kappa shape index (κ1) is 16.5. The van der Waals surface area contributed by atoms with Crippen LogP contribution >= 0.6 is 0 Å². The Bertz CT molecular complexity index is 896. The van der Waals surface area contributed by atoms with E-state index in [0.29, 0.717) is 22.6 Å². The van der Waals surface area contributed by atoms with Crippen LogP contribution in [0.1, 0.15) is 35.6 Å². The smallest absolute Gasteiger partial charge is 0.378 e. The van der Waals surface area contributed by atoms with Gasteiger partial charge in [-0.15, -0.1) is 5.11 Å². The molecule has 4 atom stereocenters. The lowest BCUT2D eigenvalue weighted by Crippen LogP contribution is -2.52. The normalized spacial score (nSPS) is 28.8. The topological polar surface area (TPSA) is 86.3 Å². The first-order chi connectivity index (χ1) is 12.5. The van der Waals surface area contributed by atoms with Crippen molar-refractivity contribution in [3.8, 4) is 11.5 Å². The molecule has 2 aromatic rings. The second-order valence-corrected chi connectivity index (χ2v) is 6.76. The number of hydrogen-bond donors (Lipinski definition) is 0. The number of aryl methyl sites for hydroxylation is 1. The number of nitrogens with zero attached hydrogens (tertiary/aromatic N) is 3. The molecular weight excluding hydrogens is 334 g/mol. The van der Waals surface area contributed by atoms with Gasteiger partial charge in [0.15, 0.2) is 11.5 Å². The molecule has 0 aliphatic carbocycles. The third-order valence-electron chi connectivity index (χ3n) is 5.20. The molecule has 0 unspecified atom stereocenters. The number of rotatable bonds is 3. The highest BCUT2D eigenvalue weighted by molar-refractivity contribution is 5.53. The largest absolute Gasteiger partial charge is 0.493 e. The summed E-state index contributed by atoms with van der Waals surface area (Å²) in [5, 5.41) is 20.6. The van der Waals surface area contributed by atoms with Crippen LogP contribution in [0, 0.1) is 17.0 Å². The predicted octanol–water partition coefficient (Wildman–Crippen LogP) is 4.05. The maximum atomic E-state index is 12.3. The molecule has 0 amide bonds. The molecule has 7 heteroatoms. The van der Waals surface area contributed by atoms with Crippen molar-refractivity contribution in [3.05, 3.63) is 69.3 Å². The van der Waals surface area contributed by atoms with Gasteiger partial charge in [0, 0.05) is 11.1 Å².